The molecule has 45 heavy (non-hydrogen) atoms. The third-order valence-corrected chi connectivity index (χ3v) is 8.02. The molecule has 1 aliphatic carbocycles. The van der Waals surface area contributed by atoms with Gasteiger partial charge in [0.05, 0.1) is 42.6 Å². The summed E-state index contributed by atoms with van der Waals surface area (Å²) in [6, 6.07) is 5.85. The second-order valence-electron chi connectivity index (χ2n) is 11.2. The SMILES string of the molecule is N[C@@H]1CC(F)(F)c2cc(F)c(-c3nnc(N4CCOC5(CC5)C4)o3)cc2N(Cc2ccc(-c3noc(C(F)(F)F)n3)cc2)C1=O. The van der Waals surface area contributed by atoms with Crippen molar-refractivity contribution in [3.05, 3.63) is 59.2 Å². The lowest BCUT2D eigenvalue weighted by Gasteiger charge is -2.31. The molecule has 11 nitrogen and oxygen atoms in total. The molecule has 0 unspecified atom stereocenters. The van der Waals surface area contributed by atoms with E-state index in [0.29, 0.717) is 31.3 Å². The number of rotatable bonds is 5. The zero-order valence-corrected chi connectivity index (χ0v) is 23.2. The number of nitrogens with zero attached hydrogens (tertiary/aromatic N) is 6. The van der Waals surface area contributed by atoms with Crippen LogP contribution in [0.2, 0.25) is 0 Å². The van der Waals surface area contributed by atoms with Crippen molar-refractivity contribution in [2.75, 3.05) is 29.5 Å². The van der Waals surface area contributed by atoms with Crippen LogP contribution in [-0.4, -0.2) is 57.6 Å². The molecule has 1 saturated heterocycles. The van der Waals surface area contributed by atoms with Crippen LogP contribution in [0.4, 0.5) is 38.0 Å². The number of carbonyl (C=O) groups is 1. The highest BCUT2D eigenvalue weighted by Crippen LogP contribution is 2.46. The van der Waals surface area contributed by atoms with Crippen molar-refractivity contribution in [3.8, 4) is 22.8 Å². The van der Waals surface area contributed by atoms with Gasteiger partial charge in [0.25, 0.3) is 11.8 Å². The van der Waals surface area contributed by atoms with Gasteiger partial charge in [-0.1, -0.05) is 34.5 Å². The first-order chi connectivity index (χ1) is 21.3. The van der Waals surface area contributed by atoms with E-state index in [1.54, 1.807) is 0 Å². The molecule has 236 valence electrons. The van der Waals surface area contributed by atoms with Gasteiger partial charge in [0, 0.05) is 24.1 Å². The topological polar surface area (TPSA) is 137 Å². The number of anilines is 2. The fraction of sp³-hybridized carbons (Fsp3) is 0.393. The highest BCUT2D eigenvalue weighted by Gasteiger charge is 2.49. The van der Waals surface area contributed by atoms with E-state index in [1.165, 1.54) is 24.3 Å². The van der Waals surface area contributed by atoms with Gasteiger partial charge in [-0.3, -0.25) is 4.79 Å². The van der Waals surface area contributed by atoms with Crippen molar-refractivity contribution in [1.29, 1.82) is 0 Å². The number of carbonyl (C=O) groups excluding carboxylic acids is 1. The molecule has 2 fully saturated rings. The lowest BCUT2D eigenvalue weighted by molar-refractivity contribution is -0.159. The monoisotopic (exact) mass is 635 g/mol. The van der Waals surface area contributed by atoms with Crippen molar-refractivity contribution in [3.63, 3.8) is 0 Å². The van der Waals surface area contributed by atoms with Crippen molar-refractivity contribution < 1.29 is 44.8 Å². The number of aromatic nitrogens is 4. The van der Waals surface area contributed by atoms with Crippen LogP contribution in [-0.2, 0) is 28.2 Å². The smallest absolute Gasteiger partial charge is 0.403 e. The number of amides is 1. The predicted molar refractivity (Wildman–Crippen MR) is 142 cm³/mol. The van der Waals surface area contributed by atoms with E-state index in [1.807, 2.05) is 4.90 Å². The van der Waals surface area contributed by atoms with Crippen LogP contribution in [0.3, 0.4) is 0 Å². The molecule has 17 heteroatoms. The fourth-order valence-electron chi connectivity index (χ4n) is 5.50. The van der Waals surface area contributed by atoms with Crippen molar-refractivity contribution in [2.45, 2.75) is 49.5 Å². The number of nitrogens with two attached hydrogens (primary N) is 1. The van der Waals surface area contributed by atoms with E-state index in [2.05, 4.69) is 24.9 Å². The minimum absolute atomic E-state index is 0.123. The van der Waals surface area contributed by atoms with E-state index < -0.39 is 47.7 Å². The summed E-state index contributed by atoms with van der Waals surface area (Å²) >= 11 is 0. The maximum absolute atomic E-state index is 15.4. The van der Waals surface area contributed by atoms with Crippen LogP contribution in [0.1, 0.15) is 36.3 Å². The first-order valence-corrected chi connectivity index (χ1v) is 13.8. The molecule has 1 atom stereocenters. The van der Waals surface area contributed by atoms with Crippen LogP contribution in [0.15, 0.2) is 45.3 Å². The third-order valence-electron chi connectivity index (χ3n) is 8.02. The molecule has 3 aliphatic rings. The molecule has 2 aromatic heterocycles. The second-order valence-corrected chi connectivity index (χ2v) is 11.2. The Labute approximate surface area is 249 Å². The Bertz CT molecular complexity index is 1770. The summed E-state index contributed by atoms with van der Waals surface area (Å²) in [7, 11) is 0. The standard InChI is InChI=1S/C28H23F6N7O4/c29-18-10-17-20(9-16(18)22-37-38-25(44-22)40-7-8-43-26(13-40)5-6-26)41(23(42)19(35)11-27(17,30)31)12-14-1-3-15(4-2-14)21-36-24(45-39-21)28(32,33)34/h1-4,9-10,19H,5-8,11-13,35H2/t19-/m1/s1. The summed E-state index contributed by atoms with van der Waals surface area (Å²) in [4.78, 5) is 19.5. The fourth-order valence-corrected chi connectivity index (χ4v) is 5.50. The van der Waals surface area contributed by atoms with E-state index in [-0.39, 0.29) is 46.7 Å². The summed E-state index contributed by atoms with van der Waals surface area (Å²) < 4.78 is 101. The Morgan fingerprint density at radius 1 is 1.09 bits per heavy atom. The molecule has 1 amide bonds. The van der Waals surface area contributed by atoms with Gasteiger partial charge in [0.2, 0.25) is 11.7 Å². The van der Waals surface area contributed by atoms with E-state index in [0.717, 1.165) is 23.8 Å². The van der Waals surface area contributed by atoms with Crippen molar-refractivity contribution >= 4 is 17.6 Å². The zero-order valence-electron chi connectivity index (χ0n) is 23.2. The van der Waals surface area contributed by atoms with Gasteiger partial charge in [-0.25, -0.2) is 13.2 Å². The van der Waals surface area contributed by atoms with Gasteiger partial charge >= 0.3 is 18.1 Å². The number of morpholine rings is 1. The number of benzene rings is 2. The number of alkyl halides is 5. The zero-order chi connectivity index (χ0) is 31.7. The van der Waals surface area contributed by atoms with Crippen LogP contribution in [0, 0.1) is 5.82 Å². The van der Waals surface area contributed by atoms with E-state index in [4.69, 9.17) is 14.9 Å². The van der Waals surface area contributed by atoms with Gasteiger partial charge in [-0.15, -0.1) is 5.10 Å². The minimum atomic E-state index is -4.82. The normalized spacial score (nSPS) is 20.8. The Hall–Kier alpha value is -4.51. The predicted octanol–water partition coefficient (Wildman–Crippen LogP) is 4.67. The summed E-state index contributed by atoms with van der Waals surface area (Å²) in [5.41, 5.74) is 4.82. The molecule has 0 radical (unpaired) electrons. The van der Waals surface area contributed by atoms with Gasteiger partial charge < -0.3 is 29.2 Å². The minimum Gasteiger partial charge on any atom is -0.403 e. The summed E-state index contributed by atoms with van der Waals surface area (Å²) in [5.74, 6) is -7.68. The molecule has 1 spiro atoms. The highest BCUT2D eigenvalue weighted by molar-refractivity contribution is 5.99. The second kappa shape index (κ2) is 10.3. The van der Waals surface area contributed by atoms with E-state index in [9.17, 15) is 18.0 Å². The molecule has 4 aromatic rings. The molecule has 1 saturated carbocycles. The molecule has 7 rings (SSSR count). The third kappa shape index (κ3) is 5.39. The summed E-state index contributed by atoms with van der Waals surface area (Å²) in [5, 5.41) is 11.3. The summed E-state index contributed by atoms with van der Waals surface area (Å²) in [6.07, 6.45) is -4.10. The summed E-state index contributed by atoms with van der Waals surface area (Å²) in [6.45, 7) is 1.15. The first-order valence-electron chi connectivity index (χ1n) is 13.8. The molecule has 2 N–H and O–H groups in total. The Morgan fingerprint density at radius 2 is 1.84 bits per heavy atom. The number of hydrogen-bond donors (Lipinski definition) is 1. The lowest BCUT2D eigenvalue weighted by atomic mass is 9.99. The molecular weight excluding hydrogens is 612 g/mol. The van der Waals surface area contributed by atoms with Gasteiger partial charge in [-0.05, 0) is 30.5 Å². The van der Waals surface area contributed by atoms with Gasteiger partial charge in [0.1, 0.15) is 5.82 Å². The van der Waals surface area contributed by atoms with Crippen molar-refractivity contribution in [1.82, 2.24) is 20.3 Å². The molecule has 2 aromatic carbocycles. The van der Waals surface area contributed by atoms with Crippen LogP contribution < -0.4 is 15.5 Å². The van der Waals surface area contributed by atoms with Crippen LogP contribution in [0.25, 0.3) is 22.8 Å². The molecule has 4 heterocycles. The number of halogens is 6. The van der Waals surface area contributed by atoms with E-state index >= 15 is 13.2 Å². The number of ether oxygens (including phenoxy) is 1. The molecule has 2 aliphatic heterocycles. The molecule has 0 bridgehead atoms. The highest BCUT2D eigenvalue weighted by atomic mass is 19.4. The average molecular weight is 636 g/mol. The van der Waals surface area contributed by atoms with Crippen LogP contribution in [0.5, 0.6) is 0 Å². The van der Waals surface area contributed by atoms with Gasteiger partial charge in [-0.2, -0.15) is 18.2 Å². The maximum Gasteiger partial charge on any atom is 0.471 e. The Kier molecular flexibility index (Phi) is 6.66. The van der Waals surface area contributed by atoms with Crippen LogP contribution >= 0.6 is 0 Å². The lowest BCUT2D eigenvalue weighted by Crippen LogP contribution is -2.44. The number of fused-ring (bicyclic) bond motifs is 1. The maximum atomic E-state index is 15.4. The largest absolute Gasteiger partial charge is 0.471 e. The Morgan fingerprint density at radius 3 is 2.53 bits per heavy atom. The quantitative estimate of drug-likeness (QED) is 0.308. The first kappa shape index (κ1) is 29.2. The van der Waals surface area contributed by atoms with Crippen molar-refractivity contribution in [2.24, 2.45) is 5.73 Å². The average Bonchev–Trinajstić information content (AvgIpc) is 3.38. The number of hydrogen-bond acceptors (Lipinski definition) is 10. The molecular formula is C28H23F6N7O4. The van der Waals surface area contributed by atoms with Gasteiger partial charge in [0.15, 0.2) is 0 Å². The Balaban J connectivity index is 1.21.